The first-order valence-electron chi connectivity index (χ1n) is 8.60. The summed E-state index contributed by atoms with van der Waals surface area (Å²) in [5.41, 5.74) is 2.77. The summed E-state index contributed by atoms with van der Waals surface area (Å²) in [7, 11) is 0. The first-order chi connectivity index (χ1) is 13.5. The smallest absolute Gasteiger partial charge is 0.257 e. The van der Waals surface area contributed by atoms with Crippen LogP contribution in [0.5, 0.6) is 0 Å². The van der Waals surface area contributed by atoms with E-state index in [1.165, 1.54) is 17.5 Å². The van der Waals surface area contributed by atoms with Crippen molar-refractivity contribution in [3.8, 4) is 10.6 Å². The third kappa shape index (κ3) is 4.27. The fourth-order valence-corrected chi connectivity index (χ4v) is 5.02. The number of benzene rings is 1. The van der Waals surface area contributed by atoms with Crippen molar-refractivity contribution in [2.45, 2.75) is 13.3 Å². The topological polar surface area (TPSA) is 58.1 Å². The third-order valence-corrected chi connectivity index (χ3v) is 6.80. The average Bonchev–Trinajstić information content (AvgIpc) is 3.33. The number of nitrogens with zero attached hydrogens (tertiary/aromatic N) is 3. The van der Waals surface area contributed by atoms with Crippen LogP contribution in [0, 0.1) is 6.92 Å². The molecule has 1 fully saturated rings. The lowest BCUT2D eigenvalue weighted by Crippen LogP contribution is -2.16. The van der Waals surface area contributed by atoms with Crippen molar-refractivity contribution in [1.82, 2.24) is 9.97 Å². The first kappa shape index (κ1) is 19.5. The molecule has 1 saturated heterocycles. The summed E-state index contributed by atoms with van der Waals surface area (Å²) >= 11 is 15.7. The van der Waals surface area contributed by atoms with Crippen LogP contribution >= 0.6 is 46.5 Å². The van der Waals surface area contributed by atoms with Crippen molar-refractivity contribution >= 4 is 63.9 Å². The molecule has 9 heteroatoms. The molecule has 1 N–H and O–H groups in total. The van der Waals surface area contributed by atoms with Crippen LogP contribution in [-0.2, 0) is 0 Å². The summed E-state index contributed by atoms with van der Waals surface area (Å²) in [6, 6.07) is 7.12. The van der Waals surface area contributed by atoms with Gasteiger partial charge in [-0.2, -0.15) is 0 Å². The second-order valence-electron chi connectivity index (χ2n) is 6.29. The number of aryl methyl sites for hydroxylation is 1. The monoisotopic (exact) mass is 450 g/mol. The van der Waals surface area contributed by atoms with E-state index >= 15 is 0 Å². The Labute approximate surface area is 181 Å². The van der Waals surface area contributed by atoms with Gasteiger partial charge in [-0.15, -0.1) is 11.3 Å². The molecule has 28 heavy (non-hydrogen) atoms. The Morgan fingerprint density at radius 1 is 1.25 bits per heavy atom. The SMILES string of the molecule is Cc1csc(-c2cc(Cl)cc(NC(=O)c3cc(N4CCCS4)ncc3Cl)c2)n1. The number of amides is 1. The Balaban J connectivity index is 1.60. The molecule has 1 aliphatic rings. The molecule has 1 amide bonds. The standard InChI is InChI=1S/C19H16Cl2N4OS2/c1-11-10-27-19(23-11)12-5-13(20)7-14(6-12)24-18(26)15-8-17(22-9-16(15)21)25-3-2-4-28-25/h5-10H,2-4H2,1H3,(H,24,26). The van der Waals surface area contributed by atoms with Crippen LogP contribution in [0.3, 0.4) is 0 Å². The van der Waals surface area contributed by atoms with E-state index in [1.54, 1.807) is 24.1 Å². The number of carbonyl (C=O) groups is 1. The van der Waals surface area contributed by atoms with E-state index < -0.39 is 0 Å². The van der Waals surface area contributed by atoms with Crippen LogP contribution < -0.4 is 9.62 Å². The lowest BCUT2D eigenvalue weighted by atomic mass is 10.2. The van der Waals surface area contributed by atoms with Gasteiger partial charge in [0.1, 0.15) is 10.8 Å². The van der Waals surface area contributed by atoms with Gasteiger partial charge < -0.3 is 9.62 Å². The molecule has 0 unspecified atom stereocenters. The number of carbonyl (C=O) groups excluding carboxylic acids is 1. The van der Waals surface area contributed by atoms with Crippen LogP contribution in [0.25, 0.3) is 10.6 Å². The van der Waals surface area contributed by atoms with Crippen molar-refractivity contribution in [3.63, 3.8) is 0 Å². The van der Waals surface area contributed by atoms with Gasteiger partial charge in [-0.25, -0.2) is 9.97 Å². The summed E-state index contributed by atoms with van der Waals surface area (Å²) < 4.78 is 2.08. The van der Waals surface area contributed by atoms with Gasteiger partial charge in [-0.3, -0.25) is 4.79 Å². The molecule has 1 aliphatic heterocycles. The number of rotatable bonds is 4. The Kier molecular flexibility index (Phi) is 5.78. The van der Waals surface area contributed by atoms with E-state index in [0.717, 1.165) is 40.8 Å². The Bertz CT molecular complexity index is 1030. The zero-order chi connectivity index (χ0) is 19.7. The van der Waals surface area contributed by atoms with Crippen LogP contribution in [0.2, 0.25) is 10.0 Å². The molecular formula is C19H16Cl2N4OS2. The number of aromatic nitrogens is 2. The van der Waals surface area contributed by atoms with Gasteiger partial charge >= 0.3 is 0 Å². The van der Waals surface area contributed by atoms with Crippen molar-refractivity contribution in [2.75, 3.05) is 21.9 Å². The highest BCUT2D eigenvalue weighted by Crippen LogP contribution is 2.31. The molecule has 3 heterocycles. The maximum absolute atomic E-state index is 12.9. The summed E-state index contributed by atoms with van der Waals surface area (Å²) in [6.07, 6.45) is 2.62. The zero-order valence-electron chi connectivity index (χ0n) is 14.9. The highest BCUT2D eigenvalue weighted by Gasteiger charge is 2.19. The molecule has 0 bridgehead atoms. The predicted molar refractivity (Wildman–Crippen MR) is 119 cm³/mol. The fourth-order valence-electron chi connectivity index (χ4n) is 2.84. The molecule has 4 rings (SSSR count). The van der Waals surface area contributed by atoms with Gasteiger partial charge in [0.2, 0.25) is 0 Å². The van der Waals surface area contributed by atoms with Crippen molar-refractivity contribution < 1.29 is 4.79 Å². The quantitative estimate of drug-likeness (QED) is 0.498. The van der Waals surface area contributed by atoms with Gasteiger partial charge in [-0.1, -0.05) is 23.2 Å². The highest BCUT2D eigenvalue weighted by molar-refractivity contribution is 8.00. The Morgan fingerprint density at radius 3 is 2.82 bits per heavy atom. The average molecular weight is 451 g/mol. The minimum atomic E-state index is -0.304. The van der Waals surface area contributed by atoms with Gasteiger partial charge in [0, 0.05) is 45.8 Å². The molecule has 0 saturated carbocycles. The zero-order valence-corrected chi connectivity index (χ0v) is 18.1. The number of hydrogen-bond donors (Lipinski definition) is 1. The number of hydrogen-bond acceptors (Lipinski definition) is 6. The van der Waals surface area contributed by atoms with E-state index in [-0.39, 0.29) is 5.91 Å². The molecule has 5 nitrogen and oxygen atoms in total. The molecule has 2 aromatic heterocycles. The summed E-state index contributed by atoms with van der Waals surface area (Å²) in [5, 5.41) is 6.55. The van der Waals surface area contributed by atoms with Crippen LogP contribution in [-0.4, -0.2) is 28.2 Å². The minimum Gasteiger partial charge on any atom is -0.322 e. The predicted octanol–water partition coefficient (Wildman–Crippen LogP) is 5.93. The minimum absolute atomic E-state index is 0.304. The van der Waals surface area contributed by atoms with E-state index in [0.29, 0.717) is 21.3 Å². The van der Waals surface area contributed by atoms with E-state index in [2.05, 4.69) is 19.6 Å². The first-order valence-corrected chi connectivity index (χ1v) is 11.2. The van der Waals surface area contributed by atoms with Crippen LogP contribution in [0.4, 0.5) is 11.5 Å². The molecule has 0 aliphatic carbocycles. The molecule has 0 atom stereocenters. The largest absolute Gasteiger partial charge is 0.322 e. The molecule has 1 aromatic carbocycles. The second kappa shape index (κ2) is 8.29. The van der Waals surface area contributed by atoms with E-state index in [9.17, 15) is 4.79 Å². The van der Waals surface area contributed by atoms with Crippen molar-refractivity contribution in [1.29, 1.82) is 0 Å². The van der Waals surface area contributed by atoms with Gasteiger partial charge in [0.05, 0.1) is 10.6 Å². The molecule has 0 radical (unpaired) electrons. The molecular weight excluding hydrogens is 435 g/mol. The number of anilines is 2. The Hall–Kier alpha value is -1.80. The lowest BCUT2D eigenvalue weighted by molar-refractivity contribution is 0.102. The normalized spacial score (nSPS) is 13.8. The second-order valence-corrected chi connectivity index (χ2v) is 9.10. The maximum Gasteiger partial charge on any atom is 0.257 e. The van der Waals surface area contributed by atoms with E-state index in [4.69, 9.17) is 23.2 Å². The van der Waals surface area contributed by atoms with Gasteiger partial charge in [0.15, 0.2) is 0 Å². The van der Waals surface area contributed by atoms with Gasteiger partial charge in [0.25, 0.3) is 5.91 Å². The summed E-state index contributed by atoms with van der Waals surface area (Å²) in [4.78, 5) is 21.7. The number of halogens is 2. The maximum atomic E-state index is 12.9. The van der Waals surface area contributed by atoms with Crippen LogP contribution in [0.15, 0.2) is 35.8 Å². The van der Waals surface area contributed by atoms with Crippen LogP contribution in [0.1, 0.15) is 22.5 Å². The molecule has 3 aromatic rings. The lowest BCUT2D eigenvalue weighted by Gasteiger charge is -2.16. The number of pyridine rings is 1. The fraction of sp³-hybridized carbons (Fsp3) is 0.211. The number of nitrogens with one attached hydrogen (secondary N) is 1. The molecule has 0 spiro atoms. The Morgan fingerprint density at radius 2 is 2.11 bits per heavy atom. The molecule has 144 valence electrons. The van der Waals surface area contributed by atoms with Crippen molar-refractivity contribution in [3.05, 3.63) is 57.1 Å². The third-order valence-electron chi connectivity index (χ3n) is 4.12. The summed E-state index contributed by atoms with van der Waals surface area (Å²) in [5.74, 6) is 1.48. The summed E-state index contributed by atoms with van der Waals surface area (Å²) in [6.45, 7) is 2.85. The van der Waals surface area contributed by atoms with Gasteiger partial charge in [-0.05, 0) is 49.6 Å². The van der Waals surface area contributed by atoms with Crippen molar-refractivity contribution in [2.24, 2.45) is 0 Å². The number of thiazole rings is 1. The highest BCUT2D eigenvalue weighted by atomic mass is 35.5. The van der Waals surface area contributed by atoms with E-state index in [1.807, 2.05) is 24.4 Å².